The van der Waals surface area contributed by atoms with Crippen molar-refractivity contribution in [1.82, 2.24) is 0 Å². The van der Waals surface area contributed by atoms with Gasteiger partial charge in [0.05, 0.1) is 24.3 Å². The predicted octanol–water partition coefficient (Wildman–Crippen LogP) is 9.43. The molecule has 0 bridgehead atoms. The van der Waals surface area contributed by atoms with Crippen molar-refractivity contribution in [3.63, 3.8) is 0 Å². The fourth-order valence-electron chi connectivity index (χ4n) is 4.26. The van der Waals surface area contributed by atoms with E-state index in [9.17, 15) is 14.0 Å². The summed E-state index contributed by atoms with van der Waals surface area (Å²) in [6.45, 7) is 7.17. The van der Waals surface area contributed by atoms with Crippen molar-refractivity contribution < 1.29 is 28.2 Å². The van der Waals surface area contributed by atoms with Gasteiger partial charge in [0.25, 0.3) is 0 Å². The van der Waals surface area contributed by atoms with Gasteiger partial charge in [-0.15, -0.1) is 0 Å². The van der Waals surface area contributed by atoms with E-state index in [1.165, 1.54) is 50.7 Å². The van der Waals surface area contributed by atoms with E-state index in [2.05, 4.69) is 13.8 Å². The van der Waals surface area contributed by atoms with Crippen LogP contribution in [0.15, 0.2) is 66.7 Å². The molecular weight excluding hydrogens is 519 g/mol. The van der Waals surface area contributed by atoms with E-state index >= 15 is 0 Å². The van der Waals surface area contributed by atoms with Crippen LogP contribution in [-0.4, -0.2) is 25.2 Å². The molecule has 0 aliphatic heterocycles. The molecule has 0 saturated heterocycles. The number of benzene rings is 3. The van der Waals surface area contributed by atoms with E-state index in [0.29, 0.717) is 30.4 Å². The van der Waals surface area contributed by atoms with E-state index in [1.807, 2.05) is 31.2 Å². The van der Waals surface area contributed by atoms with Crippen LogP contribution in [0.25, 0.3) is 11.1 Å². The molecule has 0 saturated carbocycles. The molecule has 3 aromatic rings. The Morgan fingerprint density at radius 2 is 1.32 bits per heavy atom. The molecule has 0 amide bonds. The van der Waals surface area contributed by atoms with Gasteiger partial charge in [-0.25, -0.2) is 14.0 Å². The third kappa shape index (κ3) is 10.7. The maximum atomic E-state index is 14.5. The van der Waals surface area contributed by atoms with Crippen molar-refractivity contribution in [3.8, 4) is 22.6 Å². The van der Waals surface area contributed by atoms with Gasteiger partial charge in [0.1, 0.15) is 5.75 Å². The number of hydrogen-bond donors (Lipinski definition) is 0. The highest BCUT2D eigenvalue weighted by Gasteiger charge is 2.14. The lowest BCUT2D eigenvalue weighted by Crippen LogP contribution is -2.11. The summed E-state index contributed by atoms with van der Waals surface area (Å²) in [5, 5.41) is 0. The highest BCUT2D eigenvalue weighted by molar-refractivity contribution is 5.91. The summed E-state index contributed by atoms with van der Waals surface area (Å²) in [5.74, 6) is -0.748. The van der Waals surface area contributed by atoms with Crippen LogP contribution in [0.4, 0.5) is 4.39 Å². The van der Waals surface area contributed by atoms with Gasteiger partial charge in [0.2, 0.25) is 0 Å². The van der Waals surface area contributed by atoms with Gasteiger partial charge in [-0.2, -0.15) is 0 Å². The Balaban J connectivity index is 1.46. The minimum absolute atomic E-state index is 0.113. The van der Waals surface area contributed by atoms with Gasteiger partial charge >= 0.3 is 11.9 Å². The summed E-state index contributed by atoms with van der Waals surface area (Å²) in [6.07, 6.45) is 10.4. The zero-order valence-corrected chi connectivity index (χ0v) is 24.6. The first kappa shape index (κ1) is 31.9. The Labute approximate surface area is 244 Å². The number of ether oxygens (including phenoxy) is 3. The average molecular weight is 563 g/mol. The van der Waals surface area contributed by atoms with E-state index in [1.54, 1.807) is 24.3 Å². The minimum atomic E-state index is -0.647. The maximum Gasteiger partial charge on any atom is 0.343 e. The number of carbonyl (C=O) groups excluding carboxylic acids is 2. The van der Waals surface area contributed by atoms with Crippen LogP contribution in [-0.2, 0) is 4.74 Å². The molecule has 5 nitrogen and oxygen atoms in total. The quantitative estimate of drug-likeness (QED) is 0.0931. The standard InChI is InChI=1S/C35H43FO5/c1-4-6-7-8-9-10-11-12-23-39-33-22-19-30(24-32(33)36)35(38)41-31-20-17-28(18-21-31)27-13-15-29(16-14-27)34(37)40-25-26(3)5-2/h13-22,24,26H,4-12,23,25H2,1-3H3/t26-/m0/s1. The molecule has 0 spiro atoms. The number of esters is 2. The Morgan fingerprint density at radius 3 is 1.93 bits per heavy atom. The van der Waals surface area contributed by atoms with Crippen LogP contribution in [0.3, 0.4) is 0 Å². The van der Waals surface area contributed by atoms with Crippen LogP contribution in [0.1, 0.15) is 99.3 Å². The first-order valence-electron chi connectivity index (χ1n) is 14.9. The zero-order chi connectivity index (χ0) is 29.5. The molecule has 0 unspecified atom stereocenters. The monoisotopic (exact) mass is 562 g/mol. The second kappa shape index (κ2) is 17.2. The van der Waals surface area contributed by atoms with Crippen LogP contribution in [0.5, 0.6) is 11.5 Å². The molecule has 6 heteroatoms. The van der Waals surface area contributed by atoms with Crippen LogP contribution >= 0.6 is 0 Å². The summed E-state index contributed by atoms with van der Waals surface area (Å²) < 4.78 is 30.9. The maximum absolute atomic E-state index is 14.5. The van der Waals surface area contributed by atoms with Gasteiger partial charge in [-0.1, -0.05) is 96.4 Å². The third-order valence-electron chi connectivity index (χ3n) is 7.14. The summed E-state index contributed by atoms with van der Waals surface area (Å²) in [6, 6.07) is 18.3. The van der Waals surface area contributed by atoms with Gasteiger partial charge in [0.15, 0.2) is 11.6 Å². The summed E-state index contributed by atoms with van der Waals surface area (Å²) in [5.41, 5.74) is 2.42. The van der Waals surface area contributed by atoms with Crippen LogP contribution in [0, 0.1) is 11.7 Å². The first-order valence-corrected chi connectivity index (χ1v) is 14.9. The molecule has 0 fully saturated rings. The van der Waals surface area contributed by atoms with Gasteiger partial charge in [-0.3, -0.25) is 0 Å². The molecular formula is C35H43FO5. The van der Waals surface area contributed by atoms with E-state index < -0.39 is 11.8 Å². The van der Waals surface area contributed by atoms with Crippen molar-refractivity contribution in [2.75, 3.05) is 13.2 Å². The molecule has 0 radical (unpaired) electrons. The van der Waals surface area contributed by atoms with Crippen LogP contribution in [0.2, 0.25) is 0 Å². The normalized spacial score (nSPS) is 11.6. The fourth-order valence-corrected chi connectivity index (χ4v) is 4.26. The second-order valence-corrected chi connectivity index (χ2v) is 10.6. The molecule has 0 aliphatic rings. The molecule has 0 heterocycles. The Bertz CT molecular complexity index is 1220. The largest absolute Gasteiger partial charge is 0.491 e. The van der Waals surface area contributed by atoms with Crippen molar-refractivity contribution in [2.24, 2.45) is 5.92 Å². The third-order valence-corrected chi connectivity index (χ3v) is 7.14. The number of unbranched alkanes of at least 4 members (excludes halogenated alkanes) is 7. The number of carbonyl (C=O) groups is 2. The summed E-state index contributed by atoms with van der Waals surface area (Å²) in [4.78, 5) is 24.8. The Hall–Kier alpha value is -3.67. The van der Waals surface area contributed by atoms with Gasteiger partial charge < -0.3 is 14.2 Å². The van der Waals surface area contributed by atoms with Gasteiger partial charge in [0, 0.05) is 0 Å². The number of hydrogen-bond acceptors (Lipinski definition) is 5. The molecule has 1 atom stereocenters. The Morgan fingerprint density at radius 1 is 0.732 bits per heavy atom. The van der Waals surface area contributed by atoms with E-state index in [-0.39, 0.29) is 17.3 Å². The molecule has 0 N–H and O–H groups in total. The Kier molecular flexibility index (Phi) is 13.4. The highest BCUT2D eigenvalue weighted by Crippen LogP contribution is 2.25. The number of rotatable bonds is 17. The summed E-state index contributed by atoms with van der Waals surface area (Å²) in [7, 11) is 0. The lowest BCUT2D eigenvalue weighted by Gasteiger charge is -2.10. The van der Waals surface area contributed by atoms with E-state index in [4.69, 9.17) is 14.2 Å². The average Bonchev–Trinajstić information content (AvgIpc) is 3.00. The molecule has 3 aromatic carbocycles. The fraction of sp³-hybridized carbons (Fsp3) is 0.429. The molecule has 0 aromatic heterocycles. The highest BCUT2D eigenvalue weighted by atomic mass is 19.1. The predicted molar refractivity (Wildman–Crippen MR) is 161 cm³/mol. The lowest BCUT2D eigenvalue weighted by atomic mass is 10.0. The molecule has 3 rings (SSSR count). The first-order chi connectivity index (χ1) is 19.9. The lowest BCUT2D eigenvalue weighted by molar-refractivity contribution is 0.0447. The topological polar surface area (TPSA) is 61.8 Å². The minimum Gasteiger partial charge on any atom is -0.491 e. The number of halogens is 1. The molecule has 220 valence electrons. The van der Waals surface area contributed by atoms with Crippen LogP contribution < -0.4 is 9.47 Å². The van der Waals surface area contributed by atoms with Crippen molar-refractivity contribution in [1.29, 1.82) is 0 Å². The van der Waals surface area contributed by atoms with Gasteiger partial charge in [-0.05, 0) is 65.9 Å². The summed E-state index contributed by atoms with van der Waals surface area (Å²) >= 11 is 0. The zero-order valence-electron chi connectivity index (χ0n) is 24.6. The second-order valence-electron chi connectivity index (χ2n) is 10.6. The smallest absolute Gasteiger partial charge is 0.343 e. The van der Waals surface area contributed by atoms with Crippen molar-refractivity contribution in [3.05, 3.63) is 83.7 Å². The molecule has 41 heavy (non-hydrogen) atoms. The van der Waals surface area contributed by atoms with E-state index in [0.717, 1.165) is 36.5 Å². The SMILES string of the molecule is CCCCCCCCCCOc1ccc(C(=O)Oc2ccc(-c3ccc(C(=O)OC[C@@H](C)CC)cc3)cc2)cc1F. The van der Waals surface area contributed by atoms with Crippen molar-refractivity contribution in [2.45, 2.75) is 78.6 Å². The van der Waals surface area contributed by atoms with Crippen molar-refractivity contribution >= 4 is 11.9 Å². The molecule has 0 aliphatic carbocycles.